The van der Waals surface area contributed by atoms with Crippen LogP contribution in [-0.2, 0) is 11.3 Å². The number of rotatable bonds is 4. The molecule has 7 heteroatoms. The van der Waals surface area contributed by atoms with Gasteiger partial charge in [0.25, 0.3) is 0 Å². The van der Waals surface area contributed by atoms with Gasteiger partial charge >= 0.3 is 6.03 Å². The normalized spacial score (nSPS) is 13.8. The molecule has 0 saturated carbocycles. The Balaban J connectivity index is 1.75. The summed E-state index contributed by atoms with van der Waals surface area (Å²) in [6, 6.07) is 11.1. The molecule has 1 N–H and O–H groups in total. The Bertz CT molecular complexity index is 823. The molecule has 0 spiro atoms. The summed E-state index contributed by atoms with van der Waals surface area (Å²) in [5.41, 5.74) is 1.47. The summed E-state index contributed by atoms with van der Waals surface area (Å²) >= 11 is 6.02. The number of nitrogens with one attached hydrogen (secondary N) is 1. The summed E-state index contributed by atoms with van der Waals surface area (Å²) in [5.74, 6) is -0.418. The van der Waals surface area contributed by atoms with Crippen molar-refractivity contribution < 1.29 is 14.0 Å². The molecule has 136 valence electrons. The van der Waals surface area contributed by atoms with E-state index in [1.54, 1.807) is 36.2 Å². The average molecular weight is 376 g/mol. The Hall–Kier alpha value is -2.60. The van der Waals surface area contributed by atoms with E-state index in [4.69, 9.17) is 11.6 Å². The minimum Gasteiger partial charge on any atom is -0.323 e. The zero-order valence-corrected chi connectivity index (χ0v) is 15.1. The first-order valence-corrected chi connectivity index (χ1v) is 8.69. The second kappa shape index (κ2) is 7.74. The summed E-state index contributed by atoms with van der Waals surface area (Å²) in [4.78, 5) is 27.6. The molecule has 0 unspecified atom stereocenters. The molecule has 1 aliphatic heterocycles. The molecule has 2 aromatic rings. The molecule has 3 rings (SSSR count). The summed E-state index contributed by atoms with van der Waals surface area (Å²) in [6.07, 6.45) is 1.31. The fourth-order valence-corrected chi connectivity index (χ4v) is 3.14. The van der Waals surface area contributed by atoms with E-state index in [2.05, 4.69) is 5.32 Å². The van der Waals surface area contributed by atoms with Gasteiger partial charge in [0, 0.05) is 30.6 Å². The standard InChI is InChI=1S/C19H19ClFN3O2/c1-23(12-13-14(20)6-4-7-15(13)21)19(26)22-16-8-2-3-9-17(16)24-11-5-10-18(24)25/h2-4,6-9H,5,10-12H2,1H3,(H,22,26). The Morgan fingerprint density at radius 1 is 1.27 bits per heavy atom. The lowest BCUT2D eigenvalue weighted by Crippen LogP contribution is -2.32. The average Bonchev–Trinajstić information content (AvgIpc) is 3.04. The van der Waals surface area contributed by atoms with E-state index in [1.807, 2.05) is 6.07 Å². The minimum absolute atomic E-state index is 0.0299. The van der Waals surface area contributed by atoms with Gasteiger partial charge in [-0.15, -0.1) is 0 Å². The topological polar surface area (TPSA) is 52.7 Å². The number of carbonyl (C=O) groups is 2. The van der Waals surface area contributed by atoms with Crippen molar-refractivity contribution >= 4 is 34.9 Å². The monoisotopic (exact) mass is 375 g/mol. The van der Waals surface area contributed by atoms with Crippen molar-refractivity contribution in [2.24, 2.45) is 0 Å². The Morgan fingerprint density at radius 3 is 2.73 bits per heavy atom. The van der Waals surface area contributed by atoms with Gasteiger partial charge in [-0.2, -0.15) is 0 Å². The van der Waals surface area contributed by atoms with Crippen molar-refractivity contribution in [3.8, 4) is 0 Å². The molecule has 0 radical (unpaired) electrons. The molecular weight excluding hydrogens is 357 g/mol. The van der Waals surface area contributed by atoms with Crippen molar-refractivity contribution in [3.05, 3.63) is 58.9 Å². The number of benzene rings is 2. The Kier molecular flexibility index (Phi) is 5.42. The molecule has 1 aliphatic rings. The van der Waals surface area contributed by atoms with Crippen molar-refractivity contribution in [1.29, 1.82) is 0 Å². The van der Waals surface area contributed by atoms with Crippen LogP contribution in [0.3, 0.4) is 0 Å². The third kappa shape index (κ3) is 3.80. The van der Waals surface area contributed by atoms with Crippen LogP contribution in [-0.4, -0.2) is 30.4 Å². The lowest BCUT2D eigenvalue weighted by molar-refractivity contribution is -0.117. The summed E-state index contributed by atoms with van der Waals surface area (Å²) in [5, 5.41) is 3.07. The van der Waals surface area contributed by atoms with Crippen LogP contribution >= 0.6 is 11.6 Å². The highest BCUT2D eigenvalue weighted by Gasteiger charge is 2.24. The maximum atomic E-state index is 13.9. The SMILES string of the molecule is CN(Cc1c(F)cccc1Cl)C(=O)Nc1ccccc1N1CCCC1=O. The van der Waals surface area contributed by atoms with Gasteiger partial charge in [-0.05, 0) is 30.7 Å². The van der Waals surface area contributed by atoms with E-state index >= 15 is 0 Å². The van der Waals surface area contributed by atoms with Crippen LogP contribution in [0.15, 0.2) is 42.5 Å². The third-order valence-electron chi connectivity index (χ3n) is 4.31. The van der Waals surface area contributed by atoms with Crippen LogP contribution < -0.4 is 10.2 Å². The molecule has 0 aliphatic carbocycles. The number of amides is 3. The number of anilines is 2. The highest BCUT2D eigenvalue weighted by atomic mass is 35.5. The van der Waals surface area contributed by atoms with Crippen LogP contribution in [0, 0.1) is 5.82 Å². The molecule has 5 nitrogen and oxygen atoms in total. The van der Waals surface area contributed by atoms with Crippen molar-refractivity contribution in [2.45, 2.75) is 19.4 Å². The maximum Gasteiger partial charge on any atom is 0.321 e. The van der Waals surface area contributed by atoms with E-state index in [0.717, 1.165) is 6.42 Å². The number of carbonyl (C=O) groups excluding carboxylic acids is 2. The number of hydrogen-bond donors (Lipinski definition) is 1. The predicted molar refractivity (Wildman–Crippen MR) is 99.9 cm³/mol. The molecule has 0 atom stereocenters. The van der Waals surface area contributed by atoms with Gasteiger partial charge < -0.3 is 15.1 Å². The smallest absolute Gasteiger partial charge is 0.321 e. The van der Waals surface area contributed by atoms with E-state index in [-0.39, 0.29) is 23.0 Å². The largest absolute Gasteiger partial charge is 0.323 e. The molecule has 1 fully saturated rings. The molecule has 0 bridgehead atoms. The van der Waals surface area contributed by atoms with Crippen molar-refractivity contribution in [3.63, 3.8) is 0 Å². The molecule has 3 amide bonds. The number of nitrogens with zero attached hydrogens (tertiary/aromatic N) is 2. The molecular formula is C19H19ClFN3O2. The third-order valence-corrected chi connectivity index (χ3v) is 4.67. The van der Waals surface area contributed by atoms with Crippen LogP contribution in [0.1, 0.15) is 18.4 Å². The Morgan fingerprint density at radius 2 is 2.04 bits per heavy atom. The van der Waals surface area contributed by atoms with Gasteiger partial charge in [0.2, 0.25) is 5.91 Å². The van der Waals surface area contributed by atoms with Crippen LogP contribution in [0.25, 0.3) is 0 Å². The molecule has 1 heterocycles. The Labute approximate surface area is 156 Å². The highest BCUT2D eigenvalue weighted by Crippen LogP contribution is 2.29. The van der Waals surface area contributed by atoms with Crippen LogP contribution in [0.5, 0.6) is 0 Å². The van der Waals surface area contributed by atoms with Gasteiger partial charge in [0.1, 0.15) is 5.82 Å². The first-order chi connectivity index (χ1) is 12.5. The van der Waals surface area contributed by atoms with Gasteiger partial charge in [-0.1, -0.05) is 29.8 Å². The predicted octanol–water partition coefficient (Wildman–Crippen LogP) is 4.27. The number of para-hydroxylation sites is 2. The number of halogens is 2. The van der Waals surface area contributed by atoms with Gasteiger partial charge in [0.05, 0.1) is 17.9 Å². The van der Waals surface area contributed by atoms with E-state index in [1.165, 1.54) is 17.0 Å². The van der Waals surface area contributed by atoms with Crippen molar-refractivity contribution in [2.75, 3.05) is 23.8 Å². The molecule has 2 aromatic carbocycles. The maximum absolute atomic E-state index is 13.9. The minimum atomic E-state index is -0.458. The summed E-state index contributed by atoms with van der Waals surface area (Å²) < 4.78 is 13.9. The first kappa shape index (κ1) is 18.2. The first-order valence-electron chi connectivity index (χ1n) is 8.32. The van der Waals surface area contributed by atoms with E-state index in [0.29, 0.717) is 24.3 Å². The zero-order chi connectivity index (χ0) is 18.7. The van der Waals surface area contributed by atoms with Crippen molar-refractivity contribution in [1.82, 2.24) is 4.90 Å². The zero-order valence-electron chi connectivity index (χ0n) is 14.3. The number of hydrogen-bond acceptors (Lipinski definition) is 2. The fraction of sp³-hybridized carbons (Fsp3) is 0.263. The van der Waals surface area contributed by atoms with Gasteiger partial charge in [-0.3, -0.25) is 4.79 Å². The van der Waals surface area contributed by atoms with E-state index in [9.17, 15) is 14.0 Å². The van der Waals surface area contributed by atoms with Crippen LogP contribution in [0.2, 0.25) is 5.02 Å². The second-order valence-electron chi connectivity index (χ2n) is 6.15. The quantitative estimate of drug-likeness (QED) is 0.867. The fourth-order valence-electron chi connectivity index (χ4n) is 2.92. The van der Waals surface area contributed by atoms with E-state index < -0.39 is 11.8 Å². The molecule has 0 aromatic heterocycles. The summed E-state index contributed by atoms with van der Waals surface area (Å²) in [7, 11) is 1.56. The van der Waals surface area contributed by atoms with Gasteiger partial charge in [-0.25, -0.2) is 9.18 Å². The summed E-state index contributed by atoms with van der Waals surface area (Å²) in [6.45, 7) is 0.661. The number of urea groups is 1. The van der Waals surface area contributed by atoms with Crippen LogP contribution in [0.4, 0.5) is 20.6 Å². The van der Waals surface area contributed by atoms with Gasteiger partial charge in [0.15, 0.2) is 0 Å². The molecule has 1 saturated heterocycles. The molecule has 26 heavy (non-hydrogen) atoms. The lowest BCUT2D eigenvalue weighted by atomic mass is 10.2. The lowest BCUT2D eigenvalue weighted by Gasteiger charge is -2.23. The second-order valence-corrected chi connectivity index (χ2v) is 6.56. The highest BCUT2D eigenvalue weighted by molar-refractivity contribution is 6.31.